The number of aryl methyl sites for hydroxylation is 1. The largest absolute Gasteiger partial charge is 0.497 e. The van der Waals surface area contributed by atoms with Crippen LogP contribution in [0.5, 0.6) is 11.5 Å². The summed E-state index contributed by atoms with van der Waals surface area (Å²) in [4.78, 5) is 78.6. The smallest absolute Gasteiger partial charge is 0.255 e. The van der Waals surface area contributed by atoms with Gasteiger partial charge in [0.1, 0.15) is 42.6 Å². The van der Waals surface area contributed by atoms with Gasteiger partial charge in [0.25, 0.3) is 5.91 Å². The van der Waals surface area contributed by atoms with Crippen LogP contribution in [0.3, 0.4) is 0 Å². The molecule has 0 radical (unpaired) electrons. The number of amides is 5. The van der Waals surface area contributed by atoms with Crippen LogP contribution >= 0.6 is 0 Å². The van der Waals surface area contributed by atoms with E-state index in [1.54, 1.807) is 69.5 Å². The molecule has 14 heteroatoms. The Balaban J connectivity index is 1.48. The molecule has 2 aromatic carbocycles. The molecule has 1 fully saturated rings. The lowest BCUT2D eigenvalue weighted by Gasteiger charge is -2.29. The number of hydrogen-bond acceptors (Lipinski definition) is 9. The molecule has 3 aliphatic rings. The summed E-state index contributed by atoms with van der Waals surface area (Å²) >= 11 is 0. The second-order valence-electron chi connectivity index (χ2n) is 14.6. The molecule has 1 aliphatic carbocycles. The molecule has 0 spiro atoms. The number of hydrogen-bond donors (Lipinski definition) is 4. The molecule has 3 aromatic rings. The molecular formula is C40H51N7O7. The molecule has 3 heterocycles. The van der Waals surface area contributed by atoms with Crippen molar-refractivity contribution in [1.82, 2.24) is 36.1 Å². The summed E-state index contributed by atoms with van der Waals surface area (Å²) < 4.78 is 11.4. The van der Waals surface area contributed by atoms with Gasteiger partial charge >= 0.3 is 0 Å². The maximum absolute atomic E-state index is 14.2. The lowest BCUT2D eigenvalue weighted by Crippen LogP contribution is -2.58. The maximum atomic E-state index is 14.2. The number of ether oxygens (including phenoxy) is 2. The fourth-order valence-electron chi connectivity index (χ4n) is 6.37. The molecular weight excluding hydrogens is 690 g/mol. The highest BCUT2D eigenvalue weighted by Gasteiger charge is 2.34. The number of fused-ring (bicyclic) bond motifs is 17. The van der Waals surface area contributed by atoms with Crippen LogP contribution in [-0.4, -0.2) is 95.4 Å². The van der Waals surface area contributed by atoms with Crippen molar-refractivity contribution in [3.8, 4) is 11.5 Å². The van der Waals surface area contributed by atoms with Crippen LogP contribution in [0.25, 0.3) is 0 Å². The Labute approximate surface area is 316 Å². The molecule has 4 atom stereocenters. The number of nitrogens with zero attached hydrogens (tertiary/aromatic N) is 3. The van der Waals surface area contributed by atoms with E-state index in [4.69, 9.17) is 9.47 Å². The molecule has 6 rings (SSSR count). The van der Waals surface area contributed by atoms with Crippen LogP contribution in [0.1, 0.15) is 67.2 Å². The lowest BCUT2D eigenvalue weighted by molar-refractivity contribution is -0.140. The Morgan fingerprint density at radius 3 is 2.37 bits per heavy atom. The van der Waals surface area contributed by atoms with Crippen molar-refractivity contribution in [2.45, 2.75) is 84.0 Å². The Hall–Kier alpha value is -5.53. The van der Waals surface area contributed by atoms with Crippen molar-refractivity contribution in [3.63, 3.8) is 0 Å². The van der Waals surface area contributed by atoms with E-state index in [2.05, 4.69) is 45.1 Å². The maximum Gasteiger partial charge on any atom is 0.255 e. The fraction of sp³-hybridized carbons (Fsp3) is 0.475. The fourth-order valence-corrected chi connectivity index (χ4v) is 6.37. The minimum Gasteiger partial charge on any atom is -0.497 e. The predicted octanol–water partition coefficient (Wildman–Crippen LogP) is 2.53. The van der Waals surface area contributed by atoms with Gasteiger partial charge in [-0.05, 0) is 80.3 Å². The van der Waals surface area contributed by atoms with Gasteiger partial charge in [-0.15, -0.1) is 0 Å². The first kappa shape index (κ1) is 39.7. The highest BCUT2D eigenvalue weighted by atomic mass is 16.5. The van der Waals surface area contributed by atoms with Crippen LogP contribution in [0.4, 0.5) is 0 Å². The zero-order valence-corrected chi connectivity index (χ0v) is 31.6. The van der Waals surface area contributed by atoms with Crippen molar-refractivity contribution in [3.05, 3.63) is 83.4 Å². The van der Waals surface area contributed by atoms with Crippen molar-refractivity contribution < 1.29 is 33.4 Å². The first-order chi connectivity index (χ1) is 25.9. The summed E-state index contributed by atoms with van der Waals surface area (Å²) in [5.74, 6) is -0.731. The van der Waals surface area contributed by atoms with Gasteiger partial charge in [-0.3, -0.25) is 24.0 Å². The van der Waals surface area contributed by atoms with E-state index in [-0.39, 0.29) is 55.3 Å². The molecule has 2 aliphatic heterocycles. The monoisotopic (exact) mass is 741 g/mol. The van der Waals surface area contributed by atoms with Gasteiger partial charge in [-0.25, -0.2) is 9.97 Å². The summed E-state index contributed by atoms with van der Waals surface area (Å²) in [6, 6.07) is 10.6. The number of carbonyl (C=O) groups is 5. The number of rotatable bonds is 9. The average molecular weight is 742 g/mol. The number of methoxy groups -OCH3 is 1. The SMILES string of the molecule is COc1ccc(C[C@@H]2NC(=O)[C@@H](NC(=O)c3cncnc3C)Cc3ccc(cc3)OC[C@H](CC(C)C)NC(=O)CN(CC3CC3)C(=O)[C@@H](C)NC2=O)cc1. The van der Waals surface area contributed by atoms with Crippen LogP contribution in [0.15, 0.2) is 61.1 Å². The number of carbonyl (C=O) groups excluding carboxylic acids is 5. The van der Waals surface area contributed by atoms with Gasteiger partial charge in [-0.2, -0.15) is 0 Å². The van der Waals surface area contributed by atoms with Gasteiger partial charge in [0.05, 0.1) is 31.0 Å². The van der Waals surface area contributed by atoms with Gasteiger partial charge < -0.3 is 35.6 Å². The standard InChI is InChI=1S/C40H51N7O7/c1-24(2)16-30-22-54-32-14-10-28(11-15-32)18-35(45-37(49)33-19-41-23-42-25(33)3)39(51)46-34(17-27-8-12-31(53-5)13-9-27)38(50)43-26(4)40(52)47(20-29-6-7-29)21-36(48)44-30/h8-15,19,23-24,26,29-30,34-35H,6-7,16-18,20-22H2,1-5H3,(H,43,50)(H,44,48)(H,45,49)(H,46,51)/t26-,30+,34+,35+/m1/s1. The van der Waals surface area contributed by atoms with E-state index < -0.39 is 41.8 Å². The third-order valence-electron chi connectivity index (χ3n) is 9.50. The second-order valence-corrected chi connectivity index (χ2v) is 14.6. The number of benzene rings is 2. The Bertz CT molecular complexity index is 1780. The van der Waals surface area contributed by atoms with Crippen molar-refractivity contribution >= 4 is 29.5 Å². The molecule has 1 saturated carbocycles. The van der Waals surface area contributed by atoms with Crippen molar-refractivity contribution in [2.75, 3.05) is 26.8 Å². The molecule has 5 amide bonds. The van der Waals surface area contributed by atoms with Crippen LogP contribution in [0.2, 0.25) is 0 Å². The highest BCUT2D eigenvalue weighted by Crippen LogP contribution is 2.30. The zero-order chi connectivity index (χ0) is 38.8. The first-order valence-corrected chi connectivity index (χ1v) is 18.5. The summed E-state index contributed by atoms with van der Waals surface area (Å²) in [6.07, 6.45) is 5.45. The van der Waals surface area contributed by atoms with Crippen molar-refractivity contribution in [1.29, 1.82) is 0 Å². The molecule has 1 aromatic heterocycles. The minimum absolute atomic E-state index is 0.0756. The normalized spacial score (nSPS) is 21.8. The highest BCUT2D eigenvalue weighted by molar-refractivity contribution is 5.99. The molecule has 54 heavy (non-hydrogen) atoms. The molecule has 2 bridgehead atoms. The van der Waals surface area contributed by atoms with E-state index >= 15 is 0 Å². The van der Waals surface area contributed by atoms with E-state index in [1.165, 1.54) is 17.4 Å². The molecule has 14 nitrogen and oxygen atoms in total. The predicted molar refractivity (Wildman–Crippen MR) is 201 cm³/mol. The Morgan fingerprint density at radius 2 is 1.72 bits per heavy atom. The molecule has 288 valence electrons. The topological polar surface area (TPSA) is 181 Å². The Kier molecular flexibility index (Phi) is 13.6. The Morgan fingerprint density at radius 1 is 1.00 bits per heavy atom. The van der Waals surface area contributed by atoms with Gasteiger partial charge in [0.15, 0.2) is 0 Å². The van der Waals surface area contributed by atoms with Crippen LogP contribution in [0, 0.1) is 18.8 Å². The minimum atomic E-state index is -1.14. The van der Waals surface area contributed by atoms with E-state index in [9.17, 15) is 24.0 Å². The van der Waals surface area contributed by atoms with Gasteiger partial charge in [-0.1, -0.05) is 38.1 Å². The van der Waals surface area contributed by atoms with Gasteiger partial charge in [0.2, 0.25) is 23.6 Å². The number of aromatic nitrogens is 2. The quantitative estimate of drug-likeness (QED) is 0.240. The van der Waals surface area contributed by atoms with Crippen LogP contribution in [-0.2, 0) is 32.0 Å². The second kappa shape index (κ2) is 18.5. The van der Waals surface area contributed by atoms with Gasteiger partial charge in [0, 0.05) is 25.6 Å². The molecule has 0 saturated heterocycles. The van der Waals surface area contributed by atoms with E-state index in [0.717, 1.165) is 24.0 Å². The third kappa shape index (κ3) is 11.5. The van der Waals surface area contributed by atoms with Crippen LogP contribution < -0.4 is 30.7 Å². The molecule has 0 unspecified atom stereocenters. The summed E-state index contributed by atoms with van der Waals surface area (Å²) in [7, 11) is 1.55. The first-order valence-electron chi connectivity index (χ1n) is 18.5. The van der Waals surface area contributed by atoms with Crippen molar-refractivity contribution in [2.24, 2.45) is 11.8 Å². The summed E-state index contributed by atoms with van der Waals surface area (Å²) in [6.45, 7) is 7.80. The summed E-state index contributed by atoms with van der Waals surface area (Å²) in [5, 5.41) is 11.5. The van der Waals surface area contributed by atoms with E-state index in [0.29, 0.717) is 30.2 Å². The van der Waals surface area contributed by atoms with E-state index in [1.807, 2.05) is 0 Å². The lowest BCUT2D eigenvalue weighted by atomic mass is 10.0. The zero-order valence-electron chi connectivity index (χ0n) is 31.6. The third-order valence-corrected chi connectivity index (χ3v) is 9.50. The summed E-state index contributed by atoms with van der Waals surface area (Å²) in [5.41, 5.74) is 2.09. The molecule has 4 N–H and O–H groups in total. The number of nitrogens with one attached hydrogen (secondary N) is 4. The average Bonchev–Trinajstić information content (AvgIpc) is 3.97.